The van der Waals surface area contributed by atoms with Crippen molar-refractivity contribution < 1.29 is 19.1 Å². The fourth-order valence-electron chi connectivity index (χ4n) is 7.48. The molecule has 2 aliphatic carbocycles. The first-order valence-corrected chi connectivity index (χ1v) is 16.6. The van der Waals surface area contributed by atoms with Gasteiger partial charge >= 0.3 is 0 Å². The van der Waals surface area contributed by atoms with E-state index >= 15 is 0 Å². The van der Waals surface area contributed by atoms with E-state index in [2.05, 4.69) is 48.5 Å². The number of Topliss-reactive ketones (excluding diaryl/α,β-unsaturated/α-hetero) is 2. The molecule has 2 fully saturated rings. The number of hydrogen-bond acceptors (Lipinski definition) is 4. The van der Waals surface area contributed by atoms with Gasteiger partial charge in [0, 0.05) is 24.7 Å². The molecule has 5 atom stereocenters. The first kappa shape index (κ1) is 34.9. The molecule has 4 heteroatoms. The van der Waals surface area contributed by atoms with E-state index in [0.717, 1.165) is 35.5 Å². The molecule has 0 radical (unpaired) electrons. The Kier molecular flexibility index (Phi) is 12.9. The molecule has 0 bridgehead atoms. The lowest BCUT2D eigenvalue weighted by molar-refractivity contribution is -0.128. The lowest BCUT2D eigenvalue weighted by Gasteiger charge is -2.42. The van der Waals surface area contributed by atoms with Crippen LogP contribution in [0.15, 0.2) is 48.5 Å². The summed E-state index contributed by atoms with van der Waals surface area (Å²) in [5.74, 6) is 5.95. The molecule has 2 saturated carbocycles. The van der Waals surface area contributed by atoms with Crippen LogP contribution >= 0.6 is 0 Å². The zero-order chi connectivity index (χ0) is 31.7. The van der Waals surface area contributed by atoms with Crippen molar-refractivity contribution in [2.24, 2.45) is 46.8 Å². The van der Waals surface area contributed by atoms with Crippen LogP contribution in [0.2, 0.25) is 0 Å². The Hall–Kier alpha value is -2.62. The van der Waals surface area contributed by atoms with Gasteiger partial charge in [-0.15, -0.1) is 0 Å². The predicted molar refractivity (Wildman–Crippen MR) is 178 cm³/mol. The van der Waals surface area contributed by atoms with E-state index in [0.29, 0.717) is 59.4 Å². The fourth-order valence-corrected chi connectivity index (χ4v) is 7.48. The van der Waals surface area contributed by atoms with E-state index in [9.17, 15) is 9.59 Å². The quantitative estimate of drug-likeness (QED) is 0.277. The first-order chi connectivity index (χ1) is 20.3. The van der Waals surface area contributed by atoms with Crippen LogP contribution in [-0.4, -0.2) is 25.8 Å². The average molecular weight is 591 g/mol. The summed E-state index contributed by atoms with van der Waals surface area (Å²) in [5.41, 5.74) is 2.49. The van der Waals surface area contributed by atoms with Gasteiger partial charge in [0.2, 0.25) is 0 Å². The van der Waals surface area contributed by atoms with Crippen LogP contribution in [0.1, 0.15) is 98.1 Å². The molecule has 0 saturated heterocycles. The number of hydrogen-bond donors (Lipinski definition) is 0. The molecule has 0 aliphatic heterocycles. The minimum atomic E-state index is 0.214. The third-order valence-electron chi connectivity index (χ3n) is 10.2. The molecule has 43 heavy (non-hydrogen) atoms. The third-order valence-corrected chi connectivity index (χ3v) is 10.2. The van der Waals surface area contributed by atoms with Gasteiger partial charge in [-0.1, -0.05) is 79.2 Å². The molecule has 238 valence electrons. The van der Waals surface area contributed by atoms with Gasteiger partial charge in [0.15, 0.2) is 0 Å². The van der Waals surface area contributed by atoms with Crippen LogP contribution in [0, 0.1) is 46.8 Å². The van der Waals surface area contributed by atoms with Crippen LogP contribution in [0.5, 0.6) is 11.5 Å². The minimum absolute atomic E-state index is 0.214. The first-order valence-electron chi connectivity index (χ1n) is 16.6. The lowest BCUT2D eigenvalue weighted by Crippen LogP contribution is -2.37. The average Bonchev–Trinajstić information content (AvgIpc) is 2.97. The van der Waals surface area contributed by atoms with Crippen molar-refractivity contribution in [2.75, 3.05) is 14.2 Å². The van der Waals surface area contributed by atoms with Gasteiger partial charge in [-0.05, 0) is 103 Å². The molecule has 4 nitrogen and oxygen atoms in total. The lowest BCUT2D eigenvalue weighted by atomic mass is 9.62. The summed E-state index contributed by atoms with van der Waals surface area (Å²) in [7, 11) is 3.33. The van der Waals surface area contributed by atoms with E-state index in [-0.39, 0.29) is 11.8 Å². The maximum Gasteiger partial charge on any atom is 0.140 e. The van der Waals surface area contributed by atoms with Crippen molar-refractivity contribution in [1.29, 1.82) is 0 Å². The van der Waals surface area contributed by atoms with E-state index in [1.165, 1.54) is 25.7 Å². The number of carbonyl (C=O) groups is 2. The summed E-state index contributed by atoms with van der Waals surface area (Å²) < 4.78 is 10.3. The summed E-state index contributed by atoms with van der Waals surface area (Å²) in [6.07, 6.45) is 8.11. The van der Waals surface area contributed by atoms with Gasteiger partial charge in [0.1, 0.15) is 23.1 Å². The van der Waals surface area contributed by atoms with Gasteiger partial charge in [-0.3, -0.25) is 9.59 Å². The van der Waals surface area contributed by atoms with Gasteiger partial charge < -0.3 is 9.47 Å². The van der Waals surface area contributed by atoms with E-state index < -0.39 is 0 Å². The SMILES string of the molecule is COc1ccc(CC(=O)C2CC(C)(C)CCC2C(C)C)cc1.COc1ccc(CC(=O)[C@@H]2C[C@H](C)CC[C@H]2C(C)C)cc1. The van der Waals surface area contributed by atoms with Crippen molar-refractivity contribution >= 4 is 11.6 Å². The number of ketones is 2. The number of ether oxygens (including phenoxy) is 2. The molecular weight excluding hydrogens is 532 g/mol. The fraction of sp³-hybridized carbons (Fsp3) is 0.641. The Morgan fingerprint density at radius 2 is 1.16 bits per heavy atom. The topological polar surface area (TPSA) is 52.6 Å². The number of benzene rings is 2. The van der Waals surface area contributed by atoms with Crippen LogP contribution in [-0.2, 0) is 22.4 Å². The van der Waals surface area contributed by atoms with Crippen molar-refractivity contribution in [3.63, 3.8) is 0 Å². The predicted octanol–water partition coefficient (Wildman–Crippen LogP) is 9.42. The van der Waals surface area contributed by atoms with Crippen molar-refractivity contribution in [3.05, 3.63) is 59.7 Å². The maximum absolute atomic E-state index is 12.9. The second kappa shape index (κ2) is 15.9. The van der Waals surface area contributed by atoms with Gasteiger partial charge in [0.25, 0.3) is 0 Å². The molecule has 0 N–H and O–H groups in total. The number of methoxy groups -OCH3 is 2. The molecule has 0 spiro atoms. The van der Waals surface area contributed by atoms with Gasteiger partial charge in [0.05, 0.1) is 14.2 Å². The highest BCUT2D eigenvalue weighted by Gasteiger charge is 2.39. The summed E-state index contributed by atoms with van der Waals surface area (Å²) >= 11 is 0. The van der Waals surface area contributed by atoms with Crippen LogP contribution in [0.3, 0.4) is 0 Å². The van der Waals surface area contributed by atoms with E-state index in [1.54, 1.807) is 14.2 Å². The summed E-state index contributed by atoms with van der Waals surface area (Å²) in [6.45, 7) is 15.9. The zero-order valence-corrected chi connectivity index (χ0v) is 28.5. The van der Waals surface area contributed by atoms with E-state index in [1.807, 2.05) is 48.5 Å². The molecule has 0 aromatic heterocycles. The number of carbonyl (C=O) groups excluding carboxylic acids is 2. The Morgan fingerprint density at radius 1 is 0.721 bits per heavy atom. The van der Waals surface area contributed by atoms with Crippen molar-refractivity contribution in [2.45, 2.75) is 99.8 Å². The molecule has 2 aromatic rings. The highest BCUT2D eigenvalue weighted by molar-refractivity contribution is 5.84. The minimum Gasteiger partial charge on any atom is -0.497 e. The molecule has 4 rings (SSSR count). The Morgan fingerprint density at radius 3 is 1.60 bits per heavy atom. The van der Waals surface area contributed by atoms with Crippen LogP contribution < -0.4 is 9.47 Å². The summed E-state index contributed by atoms with van der Waals surface area (Å²) in [5, 5.41) is 0. The second-order valence-corrected chi connectivity index (χ2v) is 14.8. The standard InChI is InChI=1S/C20H30O2.C19H28O2/c1-14(2)17-10-11-20(3,4)13-18(17)19(21)12-15-6-8-16(22-5)9-7-15;1-13(2)17-10-5-14(3)11-18(17)19(20)12-15-6-8-16(21-4)9-7-15/h6-9,14,17-18H,10-13H2,1-5H3;6-9,13-14,17-18H,5,10-12H2,1-4H3/t;14-,17+,18-/m.1/s1. The highest BCUT2D eigenvalue weighted by Crippen LogP contribution is 2.45. The largest absolute Gasteiger partial charge is 0.497 e. The molecule has 0 heterocycles. The van der Waals surface area contributed by atoms with Crippen molar-refractivity contribution in [3.8, 4) is 11.5 Å². The molecule has 0 amide bonds. The van der Waals surface area contributed by atoms with Gasteiger partial charge in [-0.25, -0.2) is 0 Å². The summed E-state index contributed by atoms with van der Waals surface area (Å²) in [4.78, 5) is 25.6. The summed E-state index contributed by atoms with van der Waals surface area (Å²) in [6, 6.07) is 15.8. The smallest absolute Gasteiger partial charge is 0.140 e. The highest BCUT2D eigenvalue weighted by atomic mass is 16.5. The zero-order valence-electron chi connectivity index (χ0n) is 28.5. The molecular formula is C39H58O4. The van der Waals surface area contributed by atoms with Crippen molar-refractivity contribution in [1.82, 2.24) is 0 Å². The Labute approximate surface area is 262 Å². The van der Waals surface area contributed by atoms with Crippen LogP contribution in [0.4, 0.5) is 0 Å². The Balaban J connectivity index is 0.000000236. The molecule has 2 unspecified atom stereocenters. The second-order valence-electron chi connectivity index (χ2n) is 14.8. The third kappa shape index (κ3) is 10.2. The molecule has 2 aromatic carbocycles. The van der Waals surface area contributed by atoms with Crippen LogP contribution in [0.25, 0.3) is 0 Å². The molecule has 2 aliphatic rings. The van der Waals surface area contributed by atoms with E-state index in [4.69, 9.17) is 9.47 Å². The normalized spacial score (nSPS) is 25.0. The number of rotatable bonds is 10. The monoisotopic (exact) mass is 590 g/mol. The maximum atomic E-state index is 12.9. The Bertz CT molecular complexity index is 1140. The van der Waals surface area contributed by atoms with Gasteiger partial charge in [-0.2, -0.15) is 0 Å².